The van der Waals surface area contributed by atoms with Crippen molar-refractivity contribution in [2.45, 2.75) is 38.8 Å². The van der Waals surface area contributed by atoms with Gasteiger partial charge in [0.05, 0.1) is 6.07 Å². The average molecular weight is 246 g/mol. The molecule has 0 spiro atoms. The summed E-state index contributed by atoms with van der Waals surface area (Å²) in [5.74, 6) is 0.585. The molecule has 2 rings (SSSR count). The van der Waals surface area contributed by atoms with Crippen molar-refractivity contribution in [3.63, 3.8) is 0 Å². The summed E-state index contributed by atoms with van der Waals surface area (Å²) in [7, 11) is 0. The van der Waals surface area contributed by atoms with Crippen molar-refractivity contribution in [3.05, 3.63) is 35.6 Å². The fraction of sp³-hybridized carbons (Fsp3) is 0.533. The molecule has 1 aliphatic rings. The quantitative estimate of drug-likeness (QED) is 0.769. The van der Waals surface area contributed by atoms with Gasteiger partial charge in [0, 0.05) is 25.6 Å². The van der Waals surface area contributed by atoms with E-state index in [1.54, 1.807) is 0 Å². The smallest absolute Gasteiger partial charge is 0.123 e. The van der Waals surface area contributed by atoms with E-state index in [1.165, 1.54) is 25.0 Å². The number of nitriles is 1. The summed E-state index contributed by atoms with van der Waals surface area (Å²) < 4.78 is 12.9. The Morgan fingerprint density at radius 2 is 2.06 bits per heavy atom. The van der Waals surface area contributed by atoms with Gasteiger partial charge in [-0.1, -0.05) is 12.1 Å². The van der Waals surface area contributed by atoms with E-state index in [4.69, 9.17) is 5.26 Å². The van der Waals surface area contributed by atoms with Crippen molar-refractivity contribution < 1.29 is 4.39 Å². The Kier molecular flexibility index (Phi) is 4.33. The third-order valence-corrected chi connectivity index (χ3v) is 3.69. The minimum Gasteiger partial charge on any atom is -0.295 e. The first-order valence-corrected chi connectivity index (χ1v) is 6.56. The van der Waals surface area contributed by atoms with Crippen LogP contribution in [0.5, 0.6) is 0 Å². The van der Waals surface area contributed by atoms with Gasteiger partial charge < -0.3 is 0 Å². The average Bonchev–Trinajstić information content (AvgIpc) is 3.20. The second kappa shape index (κ2) is 5.97. The zero-order valence-corrected chi connectivity index (χ0v) is 10.8. The van der Waals surface area contributed by atoms with Crippen LogP contribution in [-0.4, -0.2) is 17.5 Å². The maximum atomic E-state index is 12.9. The zero-order valence-electron chi connectivity index (χ0n) is 10.8. The van der Waals surface area contributed by atoms with Gasteiger partial charge in [-0.2, -0.15) is 5.26 Å². The molecule has 0 radical (unpaired) electrons. The highest BCUT2D eigenvalue weighted by atomic mass is 19.1. The Morgan fingerprint density at radius 3 is 2.61 bits per heavy atom. The van der Waals surface area contributed by atoms with Gasteiger partial charge in [0.2, 0.25) is 0 Å². The Labute approximate surface area is 108 Å². The first-order valence-electron chi connectivity index (χ1n) is 6.56. The zero-order chi connectivity index (χ0) is 13.0. The minimum atomic E-state index is -0.197. The lowest BCUT2D eigenvalue weighted by Gasteiger charge is -2.28. The fourth-order valence-electron chi connectivity index (χ4n) is 2.32. The number of benzene rings is 1. The fourth-order valence-corrected chi connectivity index (χ4v) is 2.32. The number of hydrogen-bond donors (Lipinski definition) is 0. The summed E-state index contributed by atoms with van der Waals surface area (Å²) in [5, 5.41) is 8.73. The predicted octanol–water partition coefficient (Wildman–Crippen LogP) is 3.34. The summed E-state index contributed by atoms with van der Waals surface area (Å²) in [6.07, 6.45) is 3.15. The van der Waals surface area contributed by atoms with E-state index in [-0.39, 0.29) is 5.82 Å². The van der Waals surface area contributed by atoms with Gasteiger partial charge in [0.25, 0.3) is 0 Å². The molecule has 2 nitrogen and oxygen atoms in total. The van der Waals surface area contributed by atoms with Crippen LogP contribution in [0.15, 0.2) is 24.3 Å². The van der Waals surface area contributed by atoms with Crippen molar-refractivity contribution in [3.8, 4) is 6.07 Å². The molecule has 96 valence electrons. The molecule has 1 unspecified atom stereocenters. The van der Waals surface area contributed by atoms with Gasteiger partial charge in [0.1, 0.15) is 5.82 Å². The van der Waals surface area contributed by atoms with E-state index >= 15 is 0 Å². The molecule has 1 aromatic rings. The second-order valence-electron chi connectivity index (χ2n) is 5.08. The lowest BCUT2D eigenvalue weighted by Crippen LogP contribution is -2.34. The molecule has 0 amide bonds. The number of hydrogen-bond acceptors (Lipinski definition) is 2. The van der Waals surface area contributed by atoms with Crippen LogP contribution in [0.3, 0.4) is 0 Å². The van der Waals surface area contributed by atoms with Gasteiger partial charge in [0.15, 0.2) is 0 Å². The third kappa shape index (κ3) is 3.54. The molecular formula is C15H19FN2. The number of halogens is 1. The first-order chi connectivity index (χ1) is 8.70. The topological polar surface area (TPSA) is 27.0 Å². The Hall–Kier alpha value is -1.40. The van der Waals surface area contributed by atoms with E-state index in [0.717, 1.165) is 24.6 Å². The summed E-state index contributed by atoms with van der Waals surface area (Å²) >= 11 is 0. The van der Waals surface area contributed by atoms with E-state index in [9.17, 15) is 4.39 Å². The largest absolute Gasteiger partial charge is 0.295 e. The van der Waals surface area contributed by atoms with Crippen LogP contribution >= 0.6 is 0 Å². The van der Waals surface area contributed by atoms with Crippen LogP contribution in [0.1, 0.15) is 31.7 Å². The summed E-state index contributed by atoms with van der Waals surface area (Å²) in [6.45, 7) is 3.84. The summed E-state index contributed by atoms with van der Waals surface area (Å²) in [5.41, 5.74) is 1.11. The van der Waals surface area contributed by atoms with Crippen LogP contribution < -0.4 is 0 Å². The van der Waals surface area contributed by atoms with E-state index in [1.807, 2.05) is 12.1 Å². The highest BCUT2D eigenvalue weighted by molar-refractivity contribution is 5.16. The monoisotopic (exact) mass is 246 g/mol. The molecule has 1 fully saturated rings. The molecular weight excluding hydrogens is 227 g/mol. The van der Waals surface area contributed by atoms with Gasteiger partial charge >= 0.3 is 0 Å². The van der Waals surface area contributed by atoms with Crippen molar-refractivity contribution in [1.82, 2.24) is 4.90 Å². The van der Waals surface area contributed by atoms with Crippen LogP contribution in [0.2, 0.25) is 0 Å². The van der Waals surface area contributed by atoms with Gasteiger partial charge in [-0.3, -0.25) is 4.90 Å². The molecule has 1 aliphatic carbocycles. The lowest BCUT2D eigenvalue weighted by molar-refractivity contribution is 0.185. The van der Waals surface area contributed by atoms with Crippen LogP contribution in [-0.2, 0) is 6.54 Å². The van der Waals surface area contributed by atoms with E-state index in [0.29, 0.717) is 12.5 Å². The molecule has 1 saturated carbocycles. The molecule has 18 heavy (non-hydrogen) atoms. The first kappa shape index (κ1) is 13.0. The van der Waals surface area contributed by atoms with Gasteiger partial charge in [-0.15, -0.1) is 0 Å². The standard InChI is InChI=1S/C15H19FN2/c1-12(14-5-6-14)18(10-2-9-17)11-13-3-7-15(16)8-4-13/h3-4,7-8,12,14H,2,5-6,10-11H2,1H3. The molecule has 0 saturated heterocycles. The predicted molar refractivity (Wildman–Crippen MR) is 69.2 cm³/mol. The van der Waals surface area contributed by atoms with Crippen molar-refractivity contribution >= 4 is 0 Å². The van der Waals surface area contributed by atoms with E-state index < -0.39 is 0 Å². The molecule has 0 aliphatic heterocycles. The number of rotatable bonds is 6. The Morgan fingerprint density at radius 1 is 1.39 bits per heavy atom. The molecule has 1 aromatic carbocycles. The molecule has 0 N–H and O–H groups in total. The number of nitrogens with zero attached hydrogens (tertiary/aromatic N) is 2. The highest BCUT2D eigenvalue weighted by Crippen LogP contribution is 2.35. The third-order valence-electron chi connectivity index (χ3n) is 3.69. The van der Waals surface area contributed by atoms with Crippen molar-refractivity contribution in [2.24, 2.45) is 5.92 Å². The molecule has 0 heterocycles. The second-order valence-corrected chi connectivity index (χ2v) is 5.08. The Balaban J connectivity index is 1.99. The van der Waals surface area contributed by atoms with Gasteiger partial charge in [-0.25, -0.2) is 4.39 Å². The maximum absolute atomic E-state index is 12.9. The van der Waals surface area contributed by atoms with E-state index in [2.05, 4.69) is 17.9 Å². The molecule has 1 atom stereocenters. The molecule has 0 bridgehead atoms. The molecule has 3 heteroatoms. The maximum Gasteiger partial charge on any atom is 0.123 e. The normalized spacial score (nSPS) is 16.6. The van der Waals surface area contributed by atoms with Crippen molar-refractivity contribution in [2.75, 3.05) is 6.54 Å². The van der Waals surface area contributed by atoms with Crippen LogP contribution in [0, 0.1) is 23.1 Å². The lowest BCUT2D eigenvalue weighted by atomic mass is 10.1. The van der Waals surface area contributed by atoms with Crippen LogP contribution in [0.25, 0.3) is 0 Å². The summed E-state index contributed by atoms with van der Waals surface area (Å²) in [4.78, 5) is 2.34. The van der Waals surface area contributed by atoms with Crippen LogP contribution in [0.4, 0.5) is 4.39 Å². The van der Waals surface area contributed by atoms with Crippen molar-refractivity contribution in [1.29, 1.82) is 5.26 Å². The Bertz CT molecular complexity index is 417. The molecule has 0 aromatic heterocycles. The minimum absolute atomic E-state index is 0.197. The summed E-state index contributed by atoms with van der Waals surface area (Å²) in [6, 6.07) is 9.38. The highest BCUT2D eigenvalue weighted by Gasteiger charge is 2.31. The van der Waals surface area contributed by atoms with Gasteiger partial charge in [-0.05, 0) is 43.4 Å². The SMILES string of the molecule is CC(C1CC1)N(CCC#N)Cc1ccc(F)cc1.